The van der Waals surface area contributed by atoms with Crippen LogP contribution in [0.5, 0.6) is 0 Å². The van der Waals surface area contributed by atoms with E-state index in [1.54, 1.807) is 6.20 Å². The Bertz CT molecular complexity index is 779. The molecule has 0 atom stereocenters. The summed E-state index contributed by atoms with van der Waals surface area (Å²) < 4.78 is 5.39. The largest absolute Gasteiger partial charge is 0.387 e. The number of hydrogen-bond acceptors (Lipinski definition) is 5. The molecule has 2 heterocycles. The van der Waals surface area contributed by atoms with Gasteiger partial charge in [-0.05, 0) is 37.1 Å². The smallest absolute Gasteiger partial charge is 0.260 e. The van der Waals surface area contributed by atoms with Crippen LogP contribution in [0.1, 0.15) is 11.1 Å². The van der Waals surface area contributed by atoms with Crippen molar-refractivity contribution in [1.29, 1.82) is 0 Å². The summed E-state index contributed by atoms with van der Waals surface area (Å²) in [5.41, 5.74) is 4.71. The minimum Gasteiger partial charge on any atom is -0.387 e. The SMILES string of the molecule is CNc1ccccc1-c1nc(-c2ncc(C)cc2C)no1. The van der Waals surface area contributed by atoms with Gasteiger partial charge in [-0.25, -0.2) is 0 Å². The highest BCUT2D eigenvalue weighted by molar-refractivity contribution is 5.73. The van der Waals surface area contributed by atoms with E-state index in [1.165, 1.54) is 0 Å². The van der Waals surface area contributed by atoms with Crippen molar-refractivity contribution in [2.75, 3.05) is 12.4 Å². The van der Waals surface area contributed by atoms with E-state index in [0.717, 1.165) is 28.1 Å². The Hall–Kier alpha value is -2.69. The second kappa shape index (κ2) is 5.36. The lowest BCUT2D eigenvalue weighted by atomic mass is 10.1. The van der Waals surface area contributed by atoms with Crippen LogP contribution in [-0.4, -0.2) is 22.2 Å². The van der Waals surface area contributed by atoms with Crippen LogP contribution < -0.4 is 5.32 Å². The zero-order valence-corrected chi connectivity index (χ0v) is 12.2. The zero-order valence-electron chi connectivity index (χ0n) is 12.2. The van der Waals surface area contributed by atoms with E-state index in [4.69, 9.17) is 4.52 Å². The third-order valence-corrected chi connectivity index (χ3v) is 3.28. The predicted octanol–water partition coefficient (Wildman–Crippen LogP) is 3.46. The van der Waals surface area contributed by atoms with Gasteiger partial charge in [0.15, 0.2) is 0 Å². The van der Waals surface area contributed by atoms with Gasteiger partial charge >= 0.3 is 0 Å². The highest BCUT2D eigenvalue weighted by Gasteiger charge is 2.15. The molecule has 5 heteroatoms. The molecule has 0 bridgehead atoms. The molecule has 0 saturated carbocycles. The Balaban J connectivity index is 2.04. The lowest BCUT2D eigenvalue weighted by Crippen LogP contribution is -1.93. The van der Waals surface area contributed by atoms with E-state index in [9.17, 15) is 0 Å². The molecule has 0 fully saturated rings. The monoisotopic (exact) mass is 280 g/mol. The molecule has 0 aliphatic carbocycles. The van der Waals surface area contributed by atoms with Crippen LogP contribution in [0.15, 0.2) is 41.1 Å². The lowest BCUT2D eigenvalue weighted by Gasteiger charge is -2.03. The maximum atomic E-state index is 5.39. The molecule has 0 unspecified atom stereocenters. The summed E-state index contributed by atoms with van der Waals surface area (Å²) in [5.74, 6) is 0.991. The van der Waals surface area contributed by atoms with Crippen molar-refractivity contribution >= 4 is 5.69 Å². The Kier molecular flexibility index (Phi) is 3.39. The van der Waals surface area contributed by atoms with E-state index in [-0.39, 0.29) is 0 Å². The summed E-state index contributed by atoms with van der Waals surface area (Å²) in [4.78, 5) is 8.87. The molecule has 1 aromatic carbocycles. The number of aromatic nitrogens is 3. The molecule has 0 saturated heterocycles. The first-order valence-corrected chi connectivity index (χ1v) is 6.73. The van der Waals surface area contributed by atoms with Crippen LogP contribution >= 0.6 is 0 Å². The average Bonchev–Trinajstić information content (AvgIpc) is 2.96. The number of pyridine rings is 1. The lowest BCUT2D eigenvalue weighted by molar-refractivity contribution is 0.432. The zero-order chi connectivity index (χ0) is 14.8. The highest BCUT2D eigenvalue weighted by atomic mass is 16.5. The fraction of sp³-hybridized carbons (Fsp3) is 0.188. The predicted molar refractivity (Wildman–Crippen MR) is 82.0 cm³/mol. The third kappa shape index (κ3) is 2.50. The number of benzene rings is 1. The molecule has 3 rings (SSSR count). The van der Waals surface area contributed by atoms with Gasteiger partial charge in [0.2, 0.25) is 5.82 Å². The molecule has 0 amide bonds. The summed E-state index contributed by atoms with van der Waals surface area (Å²) in [6.45, 7) is 4.00. The van der Waals surface area contributed by atoms with Crippen molar-refractivity contribution in [3.63, 3.8) is 0 Å². The highest BCUT2D eigenvalue weighted by Crippen LogP contribution is 2.28. The van der Waals surface area contributed by atoms with E-state index < -0.39 is 0 Å². The van der Waals surface area contributed by atoms with Crippen molar-refractivity contribution in [2.24, 2.45) is 0 Å². The van der Waals surface area contributed by atoms with Crippen LogP contribution in [0, 0.1) is 13.8 Å². The van der Waals surface area contributed by atoms with E-state index in [1.807, 2.05) is 45.2 Å². The molecular weight excluding hydrogens is 264 g/mol. The van der Waals surface area contributed by atoms with Gasteiger partial charge < -0.3 is 9.84 Å². The fourth-order valence-electron chi connectivity index (χ4n) is 2.27. The average molecular weight is 280 g/mol. The summed E-state index contributed by atoms with van der Waals surface area (Å²) in [6, 6.07) is 9.86. The molecule has 106 valence electrons. The molecular formula is C16H16N4O. The second-order valence-corrected chi connectivity index (χ2v) is 4.90. The molecule has 1 N–H and O–H groups in total. The van der Waals surface area contributed by atoms with E-state index in [0.29, 0.717) is 11.7 Å². The van der Waals surface area contributed by atoms with Gasteiger partial charge in [-0.2, -0.15) is 4.98 Å². The van der Waals surface area contributed by atoms with Gasteiger partial charge in [0.05, 0.1) is 5.56 Å². The van der Waals surface area contributed by atoms with Crippen molar-refractivity contribution in [3.8, 4) is 23.0 Å². The topological polar surface area (TPSA) is 63.8 Å². The summed E-state index contributed by atoms with van der Waals surface area (Å²) >= 11 is 0. The second-order valence-electron chi connectivity index (χ2n) is 4.90. The van der Waals surface area contributed by atoms with Crippen LogP contribution in [-0.2, 0) is 0 Å². The van der Waals surface area contributed by atoms with Gasteiger partial charge in [0.25, 0.3) is 5.89 Å². The standard InChI is InChI=1S/C16H16N4O/c1-10-8-11(2)14(18-9-10)15-19-16(21-20-15)12-6-4-5-7-13(12)17-3/h4-9,17H,1-3H3. The number of para-hydroxylation sites is 1. The molecule has 0 spiro atoms. The molecule has 0 radical (unpaired) electrons. The van der Waals surface area contributed by atoms with Crippen molar-refractivity contribution in [2.45, 2.75) is 13.8 Å². The van der Waals surface area contributed by atoms with E-state index in [2.05, 4.69) is 26.5 Å². The Morgan fingerprint density at radius 3 is 2.71 bits per heavy atom. The Labute approximate surface area is 123 Å². The molecule has 0 aliphatic heterocycles. The van der Waals surface area contributed by atoms with Crippen molar-refractivity contribution in [3.05, 3.63) is 47.7 Å². The van der Waals surface area contributed by atoms with Gasteiger partial charge in [-0.1, -0.05) is 23.4 Å². The number of anilines is 1. The number of hydrogen-bond donors (Lipinski definition) is 1. The first kappa shape index (κ1) is 13.3. The fourth-order valence-corrected chi connectivity index (χ4v) is 2.27. The van der Waals surface area contributed by atoms with Crippen LogP contribution in [0.3, 0.4) is 0 Å². The number of nitrogens with one attached hydrogen (secondary N) is 1. The Morgan fingerprint density at radius 1 is 1.14 bits per heavy atom. The minimum absolute atomic E-state index is 0.483. The van der Waals surface area contributed by atoms with Gasteiger partial charge in [0.1, 0.15) is 5.69 Å². The summed E-state index contributed by atoms with van der Waals surface area (Å²) in [7, 11) is 1.86. The van der Waals surface area contributed by atoms with Crippen LogP contribution in [0.25, 0.3) is 23.0 Å². The normalized spacial score (nSPS) is 10.6. The molecule has 5 nitrogen and oxygen atoms in total. The van der Waals surface area contributed by atoms with Crippen LogP contribution in [0.2, 0.25) is 0 Å². The maximum Gasteiger partial charge on any atom is 0.260 e. The number of aryl methyl sites for hydroxylation is 2. The molecule has 2 aromatic heterocycles. The first-order chi connectivity index (χ1) is 10.2. The number of nitrogens with zero attached hydrogens (tertiary/aromatic N) is 3. The number of rotatable bonds is 3. The third-order valence-electron chi connectivity index (χ3n) is 3.28. The van der Waals surface area contributed by atoms with Crippen molar-refractivity contribution < 1.29 is 4.52 Å². The van der Waals surface area contributed by atoms with E-state index >= 15 is 0 Å². The first-order valence-electron chi connectivity index (χ1n) is 6.73. The molecule has 3 aromatic rings. The quantitative estimate of drug-likeness (QED) is 0.796. The molecule has 0 aliphatic rings. The van der Waals surface area contributed by atoms with Crippen LogP contribution in [0.4, 0.5) is 5.69 Å². The van der Waals surface area contributed by atoms with Gasteiger partial charge in [-0.15, -0.1) is 0 Å². The minimum atomic E-state index is 0.483. The molecule has 21 heavy (non-hydrogen) atoms. The van der Waals surface area contributed by atoms with Crippen molar-refractivity contribution in [1.82, 2.24) is 15.1 Å². The van der Waals surface area contributed by atoms with Gasteiger partial charge in [0, 0.05) is 18.9 Å². The summed E-state index contributed by atoms with van der Waals surface area (Å²) in [5, 5.41) is 7.17. The summed E-state index contributed by atoms with van der Waals surface area (Å²) in [6.07, 6.45) is 1.81. The Morgan fingerprint density at radius 2 is 1.95 bits per heavy atom. The van der Waals surface area contributed by atoms with Gasteiger partial charge in [-0.3, -0.25) is 4.98 Å². The maximum absolute atomic E-state index is 5.39.